The molecule has 1 aliphatic heterocycles. The standard InChI is InChI=1S/C36H52N2.2C2H5.Pd/c1-5-9-13-14-15-16-26-34-33(25-12-8-4)35(31-23-17-21-29(27-31)19-10-6-2)38(37)36(34)32-24-18-22-30(28-32)20-11-7-3;2*1-2;/h17-18,21-24,27-28H,5-16,19-20,25-26H2,1-4H3;2*1H2,2H3;/q;2*-1;+2. The molecule has 0 aromatic heterocycles. The predicted octanol–water partition coefficient (Wildman–Crippen LogP) is 13.2. The Hall–Kier alpha value is -1.82. The fourth-order valence-corrected chi connectivity index (χ4v) is 5.73. The van der Waals surface area contributed by atoms with Gasteiger partial charge in [-0.1, -0.05) is 103 Å². The van der Waals surface area contributed by atoms with Crippen LogP contribution in [0.15, 0.2) is 59.7 Å². The van der Waals surface area contributed by atoms with E-state index in [0.29, 0.717) is 0 Å². The summed E-state index contributed by atoms with van der Waals surface area (Å²) in [4.78, 5) is 0. The maximum absolute atomic E-state index is 11.9. The Bertz CT molecular complexity index is 1100. The first-order valence-electron chi connectivity index (χ1n) is 17.2. The summed E-state index contributed by atoms with van der Waals surface area (Å²) in [5.74, 6) is 0. The first kappa shape index (κ1) is 41.2. The van der Waals surface area contributed by atoms with E-state index in [4.69, 9.17) is 0 Å². The summed E-state index contributed by atoms with van der Waals surface area (Å²) in [6.07, 6.45) is 19.1. The third-order valence-corrected chi connectivity index (χ3v) is 7.96. The van der Waals surface area contributed by atoms with E-state index in [9.17, 15) is 5.53 Å². The molecule has 242 valence electrons. The summed E-state index contributed by atoms with van der Waals surface area (Å²) in [6, 6.07) is 17.9. The van der Waals surface area contributed by atoms with Gasteiger partial charge in [0.05, 0.1) is 0 Å². The molecule has 2 aromatic rings. The Labute approximate surface area is 281 Å². The van der Waals surface area contributed by atoms with Gasteiger partial charge in [-0.15, -0.1) is 0 Å². The second-order valence-electron chi connectivity index (χ2n) is 11.2. The van der Waals surface area contributed by atoms with Crippen LogP contribution in [0.2, 0.25) is 0 Å². The molecule has 0 saturated carbocycles. The Morgan fingerprint density at radius 2 is 0.884 bits per heavy atom. The van der Waals surface area contributed by atoms with Crippen molar-refractivity contribution in [2.45, 2.75) is 144 Å². The van der Waals surface area contributed by atoms with Crippen molar-refractivity contribution in [1.82, 2.24) is 0 Å². The third kappa shape index (κ3) is 13.4. The smallest absolute Gasteiger partial charge is 0.493 e. The molecular weight excluding hydrogens is 615 g/mol. The monoisotopic (exact) mass is 676 g/mol. The average molecular weight is 677 g/mol. The second kappa shape index (κ2) is 25.5. The quantitative estimate of drug-likeness (QED) is 0.0650. The molecule has 0 saturated heterocycles. The number of rotatable bonds is 18. The van der Waals surface area contributed by atoms with Crippen LogP contribution in [0.3, 0.4) is 0 Å². The average Bonchev–Trinajstić information content (AvgIpc) is 3.32. The van der Waals surface area contributed by atoms with Crippen molar-refractivity contribution in [1.29, 1.82) is 0 Å². The Morgan fingerprint density at radius 3 is 1.33 bits per heavy atom. The van der Waals surface area contributed by atoms with Crippen molar-refractivity contribution in [3.63, 3.8) is 0 Å². The van der Waals surface area contributed by atoms with Crippen molar-refractivity contribution in [2.75, 3.05) is 0 Å². The molecular formula is C40H62N2Pd. The molecule has 1 heterocycles. The van der Waals surface area contributed by atoms with Crippen LogP contribution in [0.25, 0.3) is 16.9 Å². The van der Waals surface area contributed by atoms with Gasteiger partial charge in [-0.25, -0.2) is 4.70 Å². The van der Waals surface area contributed by atoms with Gasteiger partial charge < -0.3 is 19.4 Å². The molecule has 2 nitrogen and oxygen atoms in total. The van der Waals surface area contributed by atoms with Gasteiger partial charge >= 0.3 is 20.4 Å². The molecule has 0 spiro atoms. The Balaban J connectivity index is 0.00000338. The number of hydrogen-bond donors (Lipinski definition) is 0. The number of unbranched alkanes of at least 4 members (excludes halogenated alkanes) is 8. The molecule has 43 heavy (non-hydrogen) atoms. The van der Waals surface area contributed by atoms with E-state index < -0.39 is 0 Å². The van der Waals surface area contributed by atoms with Crippen LogP contribution >= 0.6 is 0 Å². The zero-order valence-electron chi connectivity index (χ0n) is 28.6. The van der Waals surface area contributed by atoms with E-state index in [-0.39, 0.29) is 20.4 Å². The van der Waals surface area contributed by atoms with Crippen LogP contribution in [0.5, 0.6) is 0 Å². The van der Waals surface area contributed by atoms with Crippen LogP contribution in [-0.4, -0.2) is 4.70 Å². The molecule has 0 N–H and O–H groups in total. The van der Waals surface area contributed by atoms with Gasteiger partial charge in [-0.3, -0.25) is 0 Å². The third-order valence-electron chi connectivity index (χ3n) is 7.96. The van der Waals surface area contributed by atoms with Gasteiger partial charge in [-0.2, -0.15) is 13.8 Å². The van der Waals surface area contributed by atoms with Crippen LogP contribution in [0, 0.1) is 13.8 Å². The predicted molar refractivity (Wildman–Crippen MR) is 187 cm³/mol. The van der Waals surface area contributed by atoms with Gasteiger partial charge in [0.1, 0.15) is 0 Å². The van der Waals surface area contributed by atoms with E-state index in [2.05, 4.69) is 90.1 Å². The molecule has 1 aliphatic rings. The van der Waals surface area contributed by atoms with Crippen molar-refractivity contribution in [3.05, 3.63) is 101 Å². The van der Waals surface area contributed by atoms with Gasteiger partial charge in [-0.05, 0) is 86.8 Å². The van der Waals surface area contributed by atoms with Crippen LogP contribution in [-0.2, 0) is 33.3 Å². The SMILES string of the molecule is CCCCCCCCC1=C(c2cccc(CCCC)c2)[N+](=[N-])C(c2cccc(CCCC)c2)=C1CCCC.[CH2-]C.[CH2-]C.[Pd+2]. The zero-order chi connectivity index (χ0) is 31.2. The van der Waals surface area contributed by atoms with Crippen molar-refractivity contribution < 1.29 is 25.1 Å². The molecule has 0 bridgehead atoms. The van der Waals surface area contributed by atoms with Crippen molar-refractivity contribution in [3.8, 4) is 0 Å². The molecule has 0 amide bonds. The topological polar surface area (TPSA) is 25.3 Å². The Morgan fingerprint density at radius 1 is 0.512 bits per heavy atom. The van der Waals surface area contributed by atoms with Crippen molar-refractivity contribution in [2.24, 2.45) is 0 Å². The minimum atomic E-state index is 0. The molecule has 0 radical (unpaired) electrons. The number of allylic oxidation sites excluding steroid dienone is 2. The number of benzene rings is 2. The van der Waals surface area contributed by atoms with Gasteiger partial charge in [0.25, 0.3) is 0 Å². The number of nitrogens with zero attached hydrogens (tertiary/aromatic N) is 2. The van der Waals surface area contributed by atoms with E-state index in [1.807, 2.05) is 0 Å². The Kier molecular flexibility index (Phi) is 24.4. The van der Waals surface area contributed by atoms with E-state index in [0.717, 1.165) is 61.0 Å². The maximum atomic E-state index is 11.9. The number of aryl methyl sites for hydroxylation is 2. The van der Waals surface area contributed by atoms with Gasteiger partial charge in [0.15, 0.2) is 0 Å². The normalized spacial score (nSPS) is 12.4. The molecule has 3 rings (SSSR count). The van der Waals surface area contributed by atoms with Gasteiger partial charge in [0, 0.05) is 22.3 Å². The van der Waals surface area contributed by atoms with Gasteiger partial charge in [0.2, 0.25) is 11.4 Å². The molecule has 0 fully saturated rings. The summed E-state index contributed by atoms with van der Waals surface area (Å²) in [7, 11) is 0. The molecule has 0 atom stereocenters. The molecule has 3 heteroatoms. The molecule has 2 aromatic carbocycles. The molecule has 0 aliphatic carbocycles. The summed E-state index contributed by atoms with van der Waals surface area (Å²) in [6.45, 7) is 19.1. The second-order valence-corrected chi connectivity index (χ2v) is 11.2. The summed E-state index contributed by atoms with van der Waals surface area (Å²) in [5, 5.41) is 0. The van der Waals surface area contributed by atoms with Crippen molar-refractivity contribution >= 4 is 11.4 Å². The largest absolute Gasteiger partial charge is 2.00 e. The minimum Gasteiger partial charge on any atom is -0.493 e. The summed E-state index contributed by atoms with van der Waals surface area (Å²) in [5.41, 5.74) is 21.8. The molecule has 0 unspecified atom stereocenters. The summed E-state index contributed by atoms with van der Waals surface area (Å²) < 4.78 is 1.56. The fourth-order valence-electron chi connectivity index (χ4n) is 5.73. The first-order valence-corrected chi connectivity index (χ1v) is 17.2. The van der Waals surface area contributed by atoms with Crippen LogP contribution in [0.4, 0.5) is 0 Å². The van der Waals surface area contributed by atoms with Crippen LogP contribution < -0.4 is 0 Å². The zero-order valence-corrected chi connectivity index (χ0v) is 30.1. The van der Waals surface area contributed by atoms with E-state index in [1.54, 1.807) is 18.5 Å². The number of hydrogen-bond acceptors (Lipinski definition) is 0. The van der Waals surface area contributed by atoms with Crippen LogP contribution in [0.1, 0.15) is 154 Å². The summed E-state index contributed by atoms with van der Waals surface area (Å²) >= 11 is 0. The minimum absolute atomic E-state index is 0. The first-order chi connectivity index (χ1) is 20.6. The van der Waals surface area contributed by atoms with E-state index >= 15 is 0 Å². The van der Waals surface area contributed by atoms with E-state index in [1.165, 1.54) is 86.5 Å². The fraction of sp³-hybridized carbons (Fsp3) is 0.550. The maximum Gasteiger partial charge on any atom is 2.00 e.